The van der Waals surface area contributed by atoms with E-state index in [1.165, 1.54) is 170 Å². The lowest BCUT2D eigenvalue weighted by Crippen LogP contribution is -2.33. The largest absolute Gasteiger partial charge is 0.507 e. The Balaban J connectivity index is 1.23. The van der Waals surface area contributed by atoms with Crippen molar-refractivity contribution in [3.8, 4) is 11.5 Å². The number of likely N-dealkylation sites (tertiary alicyclic amines) is 6. The maximum absolute atomic E-state index is 12.4. The molecule has 0 radical (unpaired) electrons. The molecule has 6 saturated heterocycles. The number of phenols is 2. The van der Waals surface area contributed by atoms with Crippen molar-refractivity contribution in [2.45, 2.75) is 167 Å². The second-order valence-corrected chi connectivity index (χ2v) is 21.5. The van der Waals surface area contributed by atoms with Crippen LogP contribution in [0.2, 0.25) is 0 Å². The number of hydrogen-bond donors (Lipinski definition) is 2. The summed E-state index contributed by atoms with van der Waals surface area (Å²) in [5, 5.41) is 24.8. The molecule has 0 spiro atoms. The van der Waals surface area contributed by atoms with Crippen LogP contribution in [0.5, 0.6) is 11.5 Å². The molecule has 9 rings (SSSR count). The number of aromatic hydroxyl groups is 2. The smallest absolute Gasteiger partial charge is 0.124 e. The highest BCUT2D eigenvalue weighted by Crippen LogP contribution is 2.45. The van der Waals surface area contributed by atoms with Crippen LogP contribution >= 0.6 is 0 Å². The maximum atomic E-state index is 12.4. The van der Waals surface area contributed by atoms with Crippen LogP contribution in [0.4, 0.5) is 0 Å². The molecule has 0 atom stereocenters. The number of rotatable bonds is 15. The van der Waals surface area contributed by atoms with Gasteiger partial charge >= 0.3 is 0 Å². The predicted octanol–water partition coefficient (Wildman–Crippen LogP) is 10.4. The minimum absolute atomic E-state index is 0.508. The first-order valence-electron chi connectivity index (χ1n) is 26.6. The summed E-state index contributed by atoms with van der Waals surface area (Å²) in [6, 6.07) is 17.4. The van der Waals surface area contributed by atoms with Crippen molar-refractivity contribution in [1.29, 1.82) is 0 Å². The van der Waals surface area contributed by atoms with Gasteiger partial charge in [-0.2, -0.15) is 0 Å². The van der Waals surface area contributed by atoms with Crippen LogP contribution in [-0.4, -0.2) is 118 Å². The zero-order valence-electron chi connectivity index (χ0n) is 40.1. The molecule has 6 aliphatic heterocycles. The fraction of sp³-hybridized carbons (Fsp3) is 0.679. The Kier molecular flexibility index (Phi) is 16.0. The summed E-state index contributed by atoms with van der Waals surface area (Å²) in [5.74, 6) is 1.02. The summed E-state index contributed by atoms with van der Waals surface area (Å²) in [4.78, 5) is 15.8. The Morgan fingerprint density at radius 2 is 0.531 bits per heavy atom. The van der Waals surface area contributed by atoms with E-state index in [0.717, 1.165) is 114 Å². The van der Waals surface area contributed by atoms with Crippen molar-refractivity contribution in [1.82, 2.24) is 29.4 Å². The van der Waals surface area contributed by atoms with Crippen molar-refractivity contribution in [3.63, 3.8) is 0 Å². The monoisotopic (exact) mass is 873 g/mol. The van der Waals surface area contributed by atoms with Gasteiger partial charge in [0.05, 0.1) is 0 Å². The lowest BCUT2D eigenvalue weighted by molar-refractivity contribution is 0.212. The molecule has 3 aromatic carbocycles. The van der Waals surface area contributed by atoms with Crippen molar-refractivity contribution < 1.29 is 10.2 Å². The number of hydrogen-bond acceptors (Lipinski definition) is 8. The molecular weight excluding hydrogens is 789 g/mol. The second-order valence-electron chi connectivity index (χ2n) is 21.5. The Bertz CT molecular complexity index is 1730. The molecule has 0 aliphatic carbocycles. The van der Waals surface area contributed by atoms with Crippen LogP contribution in [0.15, 0.2) is 42.5 Å². The Morgan fingerprint density at radius 3 is 0.781 bits per heavy atom. The molecule has 0 aromatic heterocycles. The van der Waals surface area contributed by atoms with E-state index in [2.05, 4.69) is 78.8 Å². The molecule has 0 unspecified atom stereocenters. The van der Waals surface area contributed by atoms with Crippen LogP contribution in [0.25, 0.3) is 0 Å². The van der Waals surface area contributed by atoms with E-state index in [4.69, 9.17) is 0 Å². The highest BCUT2D eigenvalue weighted by atomic mass is 16.3. The zero-order chi connectivity index (χ0) is 43.7. The van der Waals surface area contributed by atoms with Crippen LogP contribution in [0, 0.1) is 0 Å². The van der Waals surface area contributed by atoms with Gasteiger partial charge in [0.1, 0.15) is 11.5 Å². The lowest BCUT2D eigenvalue weighted by Gasteiger charge is -2.37. The first-order valence-corrected chi connectivity index (χ1v) is 26.6. The molecule has 350 valence electrons. The lowest BCUT2D eigenvalue weighted by atomic mass is 9.68. The van der Waals surface area contributed by atoms with Gasteiger partial charge in [0.25, 0.3) is 0 Å². The fourth-order valence-corrected chi connectivity index (χ4v) is 12.5. The zero-order valence-corrected chi connectivity index (χ0v) is 40.1. The van der Waals surface area contributed by atoms with Gasteiger partial charge in [-0.1, -0.05) is 56.7 Å². The third-order valence-electron chi connectivity index (χ3n) is 16.4. The van der Waals surface area contributed by atoms with E-state index in [1.54, 1.807) is 0 Å². The first kappa shape index (κ1) is 46.1. The SMILES string of the molecule is CC(c1cc(CN2CCCCC2)cc(CN2CCCCC2)c1)(c1cc(CN2CCCCC2)c(O)c(CN2CCCCC2)c1)c1cc(CN2CCCCC2)c(O)c(CN2CCCCC2)c1. The number of phenolic OH excluding ortho intramolecular Hbond substituents is 2. The second kappa shape index (κ2) is 22.2. The molecule has 64 heavy (non-hydrogen) atoms. The van der Waals surface area contributed by atoms with Crippen LogP contribution < -0.4 is 0 Å². The minimum Gasteiger partial charge on any atom is -0.507 e. The number of benzene rings is 3. The van der Waals surface area contributed by atoms with Gasteiger partial charge < -0.3 is 10.2 Å². The molecule has 0 amide bonds. The summed E-state index contributed by atoms with van der Waals surface area (Å²) in [6.07, 6.45) is 22.9. The molecule has 6 aliphatic rings. The topological polar surface area (TPSA) is 59.9 Å². The van der Waals surface area contributed by atoms with Crippen molar-refractivity contribution in [3.05, 3.63) is 92.5 Å². The highest BCUT2D eigenvalue weighted by molar-refractivity contribution is 5.58. The summed E-state index contributed by atoms with van der Waals surface area (Å²) in [5.41, 5.74) is 10.5. The van der Waals surface area contributed by atoms with E-state index in [-0.39, 0.29) is 0 Å². The maximum Gasteiger partial charge on any atom is 0.124 e. The Hall–Kier alpha value is -2.98. The van der Waals surface area contributed by atoms with Crippen LogP contribution in [0.1, 0.15) is 173 Å². The minimum atomic E-state index is -0.545. The van der Waals surface area contributed by atoms with Gasteiger partial charge in [0.15, 0.2) is 0 Å². The molecule has 8 heteroatoms. The van der Waals surface area contributed by atoms with Gasteiger partial charge in [-0.05, 0) is 215 Å². The van der Waals surface area contributed by atoms with Crippen LogP contribution in [-0.2, 0) is 44.7 Å². The average Bonchev–Trinajstić information content (AvgIpc) is 3.33. The van der Waals surface area contributed by atoms with E-state index in [1.807, 2.05) is 0 Å². The van der Waals surface area contributed by atoms with E-state index >= 15 is 0 Å². The summed E-state index contributed by atoms with van der Waals surface area (Å²) >= 11 is 0. The molecule has 6 heterocycles. The fourth-order valence-electron chi connectivity index (χ4n) is 12.5. The highest BCUT2D eigenvalue weighted by Gasteiger charge is 2.36. The van der Waals surface area contributed by atoms with E-state index in [0.29, 0.717) is 11.5 Å². The van der Waals surface area contributed by atoms with Crippen molar-refractivity contribution in [2.24, 2.45) is 0 Å². The molecule has 3 aromatic rings. The van der Waals surface area contributed by atoms with Gasteiger partial charge in [0.2, 0.25) is 0 Å². The normalized spacial score (nSPS) is 22.3. The van der Waals surface area contributed by atoms with Crippen LogP contribution in [0.3, 0.4) is 0 Å². The summed E-state index contributed by atoms with van der Waals surface area (Å²) < 4.78 is 0. The molecule has 6 fully saturated rings. The Labute approximate surface area is 388 Å². The molecule has 0 bridgehead atoms. The number of nitrogens with zero attached hydrogens (tertiary/aromatic N) is 6. The molecule has 0 saturated carbocycles. The van der Waals surface area contributed by atoms with Gasteiger partial charge in [-0.25, -0.2) is 0 Å². The average molecular weight is 873 g/mol. The Morgan fingerprint density at radius 1 is 0.312 bits per heavy atom. The van der Waals surface area contributed by atoms with Crippen molar-refractivity contribution >= 4 is 0 Å². The molecular formula is C56H84N6O2. The van der Waals surface area contributed by atoms with Gasteiger partial charge in [-0.15, -0.1) is 0 Å². The summed E-state index contributed by atoms with van der Waals surface area (Å²) in [7, 11) is 0. The predicted molar refractivity (Wildman–Crippen MR) is 263 cm³/mol. The third kappa shape index (κ3) is 11.6. The van der Waals surface area contributed by atoms with Crippen molar-refractivity contribution in [2.75, 3.05) is 78.5 Å². The van der Waals surface area contributed by atoms with Gasteiger partial charge in [0, 0.05) is 66.9 Å². The third-order valence-corrected chi connectivity index (χ3v) is 16.4. The van der Waals surface area contributed by atoms with E-state index < -0.39 is 5.41 Å². The standard InChI is InChI=1S/C56H84N6O2/c1-56(51-33-45(39-57-20-8-2-9-21-57)32-46(34-51)40-58-22-10-3-11-23-58,52-35-47(41-59-24-12-4-13-25-59)54(63)48(36-52)42-60-26-14-5-15-27-60)53-37-49(43-61-28-16-6-17-29-61)55(64)50(38-53)44-62-30-18-7-19-31-62/h32-38,63-64H,2-31,39-44H2,1H3. The quantitative estimate of drug-likeness (QED) is 0.147. The van der Waals surface area contributed by atoms with Gasteiger partial charge in [-0.3, -0.25) is 29.4 Å². The van der Waals surface area contributed by atoms with E-state index in [9.17, 15) is 10.2 Å². The summed E-state index contributed by atoms with van der Waals surface area (Å²) in [6.45, 7) is 21.1. The molecule has 2 N–H and O–H groups in total. The first-order chi connectivity index (χ1) is 31.4. The molecule has 8 nitrogen and oxygen atoms in total. The number of piperidine rings is 6.